The molecule has 3 aromatic rings. The Hall–Kier alpha value is -3.92. The van der Waals surface area contributed by atoms with E-state index in [-0.39, 0.29) is 18.0 Å². The molecule has 7 rings (SSSR count). The second kappa shape index (κ2) is 14.2. The SMILES string of the molecule is O=C(NC(c1ccccc1)c1cccc(OCCCc2cc(C(=O)O)ccc2CC2OCCO2)c1)O[C@H]1CN2CCC1CC2. The summed E-state index contributed by atoms with van der Waals surface area (Å²) in [6, 6.07) is 22.5. The molecule has 0 spiro atoms. The molecule has 1 amide bonds. The van der Waals surface area contributed by atoms with Gasteiger partial charge in [-0.1, -0.05) is 48.5 Å². The Morgan fingerprint density at radius 2 is 1.70 bits per heavy atom. The number of hydrogen-bond acceptors (Lipinski definition) is 7. The predicted molar refractivity (Wildman–Crippen MR) is 164 cm³/mol. The van der Waals surface area contributed by atoms with E-state index in [4.69, 9.17) is 18.9 Å². The van der Waals surface area contributed by atoms with Gasteiger partial charge in [-0.3, -0.25) is 4.90 Å². The Kier molecular flexibility index (Phi) is 9.75. The first-order valence-electron chi connectivity index (χ1n) is 15.6. The van der Waals surface area contributed by atoms with Crippen molar-refractivity contribution in [3.8, 4) is 5.75 Å². The summed E-state index contributed by atoms with van der Waals surface area (Å²) in [5, 5.41) is 12.6. The number of amides is 1. The number of carboxylic acid groups (broad SMARTS) is 1. The van der Waals surface area contributed by atoms with Crippen LogP contribution in [0.1, 0.15) is 57.9 Å². The highest BCUT2D eigenvalue weighted by molar-refractivity contribution is 5.87. The Morgan fingerprint density at radius 1 is 0.932 bits per heavy atom. The van der Waals surface area contributed by atoms with E-state index >= 15 is 0 Å². The summed E-state index contributed by atoms with van der Waals surface area (Å²) in [6.45, 7) is 4.57. The van der Waals surface area contributed by atoms with Crippen LogP contribution in [0.15, 0.2) is 72.8 Å². The minimum Gasteiger partial charge on any atom is -0.494 e. The standard InChI is InChI=1S/C35H40N2O7/c38-34(39)29-12-11-27(22-32-42-18-19-43-32)26(20-29)9-5-17-41-30-10-4-8-28(21-30)33(25-6-2-1-3-7-25)36-35(40)44-31-23-37-15-13-24(31)14-16-37/h1-4,6-8,10-12,20-21,24,31-33H,5,9,13-19,22-23H2,(H,36,40)(H,38,39)/t31-,33?/m0/s1. The molecule has 232 valence electrons. The van der Waals surface area contributed by atoms with Gasteiger partial charge in [-0.2, -0.15) is 0 Å². The molecular weight excluding hydrogens is 560 g/mol. The predicted octanol–water partition coefficient (Wildman–Crippen LogP) is 5.22. The first-order chi connectivity index (χ1) is 21.5. The lowest BCUT2D eigenvalue weighted by Gasteiger charge is -2.43. The maximum absolute atomic E-state index is 13.1. The highest BCUT2D eigenvalue weighted by atomic mass is 16.7. The topological polar surface area (TPSA) is 107 Å². The highest BCUT2D eigenvalue weighted by Gasteiger charge is 2.37. The third-order valence-electron chi connectivity index (χ3n) is 8.83. The van der Waals surface area contributed by atoms with Crippen LogP contribution in [-0.2, 0) is 27.1 Å². The lowest BCUT2D eigenvalue weighted by atomic mass is 9.86. The zero-order valence-corrected chi connectivity index (χ0v) is 24.9. The molecule has 9 nitrogen and oxygen atoms in total. The lowest BCUT2D eigenvalue weighted by Crippen LogP contribution is -2.52. The molecule has 0 radical (unpaired) electrons. The molecule has 44 heavy (non-hydrogen) atoms. The van der Waals surface area contributed by atoms with E-state index in [9.17, 15) is 14.7 Å². The summed E-state index contributed by atoms with van der Waals surface area (Å²) in [5.74, 6) is 0.182. The second-order valence-electron chi connectivity index (χ2n) is 11.8. The number of rotatable bonds is 12. The van der Waals surface area contributed by atoms with Gasteiger partial charge in [-0.15, -0.1) is 0 Å². The van der Waals surface area contributed by atoms with E-state index in [1.807, 2.05) is 60.7 Å². The zero-order valence-electron chi connectivity index (χ0n) is 24.9. The number of piperidine rings is 3. The molecule has 0 aliphatic carbocycles. The summed E-state index contributed by atoms with van der Waals surface area (Å²) >= 11 is 0. The third kappa shape index (κ3) is 7.59. The smallest absolute Gasteiger partial charge is 0.408 e. The van der Waals surface area contributed by atoms with Crippen LogP contribution < -0.4 is 10.1 Å². The Labute approximate surface area is 258 Å². The molecule has 4 fully saturated rings. The zero-order chi connectivity index (χ0) is 30.3. The summed E-state index contributed by atoms with van der Waals surface area (Å²) in [6.07, 6.45) is 3.30. The van der Waals surface area contributed by atoms with E-state index in [0.29, 0.717) is 50.8 Å². The van der Waals surface area contributed by atoms with Crippen molar-refractivity contribution in [2.75, 3.05) is 39.5 Å². The van der Waals surface area contributed by atoms with Crippen molar-refractivity contribution in [1.29, 1.82) is 0 Å². The number of aromatic carboxylic acids is 1. The summed E-state index contributed by atoms with van der Waals surface area (Å²) < 4.78 is 23.3. The molecule has 4 saturated heterocycles. The Balaban J connectivity index is 1.09. The van der Waals surface area contributed by atoms with Gasteiger partial charge in [-0.25, -0.2) is 9.59 Å². The van der Waals surface area contributed by atoms with Crippen molar-refractivity contribution in [3.05, 3.63) is 101 Å². The van der Waals surface area contributed by atoms with Gasteiger partial charge in [0.25, 0.3) is 0 Å². The van der Waals surface area contributed by atoms with Crippen LogP contribution in [0, 0.1) is 5.92 Å². The maximum Gasteiger partial charge on any atom is 0.408 e. The molecule has 4 heterocycles. The van der Waals surface area contributed by atoms with Crippen LogP contribution in [-0.4, -0.2) is 73.9 Å². The lowest BCUT2D eigenvalue weighted by molar-refractivity contribution is -0.0401. The van der Waals surface area contributed by atoms with Gasteiger partial charge in [0.1, 0.15) is 11.9 Å². The molecule has 1 unspecified atom stereocenters. The average molecular weight is 601 g/mol. The number of carboxylic acids is 1. The molecule has 2 N–H and O–H groups in total. The molecule has 3 aromatic carbocycles. The van der Waals surface area contributed by atoms with Crippen molar-refractivity contribution >= 4 is 12.1 Å². The first-order valence-corrected chi connectivity index (χ1v) is 15.6. The van der Waals surface area contributed by atoms with Crippen molar-refractivity contribution in [2.24, 2.45) is 5.92 Å². The third-order valence-corrected chi connectivity index (χ3v) is 8.83. The highest BCUT2D eigenvalue weighted by Crippen LogP contribution is 2.31. The summed E-state index contributed by atoms with van der Waals surface area (Å²) in [7, 11) is 0. The minimum absolute atomic E-state index is 0.0708. The van der Waals surface area contributed by atoms with Crippen LogP contribution in [0.2, 0.25) is 0 Å². The number of ether oxygens (including phenoxy) is 4. The van der Waals surface area contributed by atoms with Gasteiger partial charge in [-0.05, 0) is 91.2 Å². The van der Waals surface area contributed by atoms with E-state index in [1.54, 1.807) is 12.1 Å². The van der Waals surface area contributed by atoms with Gasteiger partial charge in [0.2, 0.25) is 0 Å². The van der Waals surface area contributed by atoms with Crippen LogP contribution in [0.3, 0.4) is 0 Å². The molecular formula is C35H40N2O7. The van der Waals surface area contributed by atoms with Crippen molar-refractivity contribution < 1.29 is 33.6 Å². The fourth-order valence-corrected chi connectivity index (χ4v) is 6.47. The number of carbonyl (C=O) groups excluding carboxylic acids is 1. The number of benzene rings is 3. The molecule has 4 aliphatic heterocycles. The number of hydrogen-bond donors (Lipinski definition) is 2. The van der Waals surface area contributed by atoms with Gasteiger partial charge in [0, 0.05) is 13.0 Å². The van der Waals surface area contributed by atoms with Crippen LogP contribution in [0.4, 0.5) is 4.79 Å². The van der Waals surface area contributed by atoms with E-state index < -0.39 is 18.1 Å². The fraction of sp³-hybridized carbons (Fsp3) is 0.429. The van der Waals surface area contributed by atoms with Crippen LogP contribution in [0.5, 0.6) is 5.75 Å². The summed E-state index contributed by atoms with van der Waals surface area (Å²) in [4.78, 5) is 27.1. The maximum atomic E-state index is 13.1. The van der Waals surface area contributed by atoms with Crippen LogP contribution in [0.25, 0.3) is 0 Å². The molecule has 2 bridgehead atoms. The number of carbonyl (C=O) groups is 2. The monoisotopic (exact) mass is 600 g/mol. The fourth-order valence-electron chi connectivity index (χ4n) is 6.47. The number of nitrogens with zero attached hydrogens (tertiary/aromatic N) is 1. The normalized spacial score (nSPS) is 22.0. The van der Waals surface area contributed by atoms with Gasteiger partial charge in [0.05, 0.1) is 31.4 Å². The number of nitrogens with one attached hydrogen (secondary N) is 1. The quantitative estimate of drug-likeness (QED) is 0.273. The first kappa shape index (κ1) is 30.1. The van der Waals surface area contributed by atoms with Gasteiger partial charge in [0.15, 0.2) is 6.29 Å². The number of alkyl carbamates (subject to hydrolysis) is 1. The van der Waals surface area contributed by atoms with Gasteiger partial charge >= 0.3 is 12.1 Å². The molecule has 9 heteroatoms. The molecule has 0 saturated carbocycles. The van der Waals surface area contributed by atoms with E-state index in [0.717, 1.165) is 54.7 Å². The molecule has 2 atom stereocenters. The van der Waals surface area contributed by atoms with E-state index in [1.165, 1.54) is 0 Å². The molecule has 4 aliphatic rings. The van der Waals surface area contributed by atoms with Gasteiger partial charge < -0.3 is 29.4 Å². The minimum atomic E-state index is -0.951. The van der Waals surface area contributed by atoms with Crippen molar-refractivity contribution in [2.45, 2.75) is 50.5 Å². The number of fused-ring (bicyclic) bond motifs is 3. The van der Waals surface area contributed by atoms with Crippen LogP contribution >= 0.6 is 0 Å². The Bertz CT molecular complexity index is 1420. The summed E-state index contributed by atoms with van der Waals surface area (Å²) in [5.41, 5.74) is 4.09. The Morgan fingerprint density at radius 3 is 2.43 bits per heavy atom. The van der Waals surface area contributed by atoms with Crippen molar-refractivity contribution in [1.82, 2.24) is 10.2 Å². The largest absolute Gasteiger partial charge is 0.494 e. The second-order valence-corrected chi connectivity index (χ2v) is 11.8. The average Bonchev–Trinajstić information content (AvgIpc) is 3.57. The van der Waals surface area contributed by atoms with E-state index in [2.05, 4.69) is 10.2 Å². The van der Waals surface area contributed by atoms with Crippen molar-refractivity contribution in [3.63, 3.8) is 0 Å². The molecule has 0 aromatic heterocycles. The number of aryl methyl sites for hydroxylation is 1.